The fraction of sp³-hybridized carbons (Fsp3) is 0.208. The van der Waals surface area contributed by atoms with Crippen LogP contribution in [0.4, 0.5) is 5.69 Å². The summed E-state index contributed by atoms with van der Waals surface area (Å²) in [7, 11) is -3.60. The number of rotatable bonds is 5. The molecule has 0 saturated carbocycles. The third-order valence-corrected chi connectivity index (χ3v) is 7.42. The van der Waals surface area contributed by atoms with Crippen LogP contribution in [0.25, 0.3) is 11.1 Å². The second-order valence-electron chi connectivity index (χ2n) is 7.36. The smallest absolute Gasteiger partial charge is 0.243 e. The summed E-state index contributed by atoms with van der Waals surface area (Å²) in [5, 5.41) is 0. The Labute approximate surface area is 177 Å². The molecule has 1 aliphatic rings. The van der Waals surface area contributed by atoms with Crippen LogP contribution in [0.3, 0.4) is 0 Å². The number of carbonyl (C=O) groups excluding carboxylic acids is 1. The molecule has 0 aromatic heterocycles. The summed E-state index contributed by atoms with van der Waals surface area (Å²) in [6.07, 6.45) is 0. The predicted octanol–water partition coefficient (Wildman–Crippen LogP) is 4.07. The minimum atomic E-state index is -3.60. The van der Waals surface area contributed by atoms with Gasteiger partial charge in [-0.3, -0.25) is 4.79 Å². The molecule has 154 valence electrons. The lowest BCUT2D eigenvalue weighted by molar-refractivity contribution is 0.101. The largest absolute Gasteiger partial charge is 0.369 e. The summed E-state index contributed by atoms with van der Waals surface area (Å²) >= 11 is 0. The van der Waals surface area contributed by atoms with Gasteiger partial charge in [0.25, 0.3) is 0 Å². The number of anilines is 1. The monoisotopic (exact) mass is 420 g/mol. The highest BCUT2D eigenvalue weighted by Crippen LogP contribution is 2.30. The third kappa shape index (κ3) is 4.01. The molecule has 0 unspecified atom stereocenters. The number of piperazine rings is 1. The summed E-state index contributed by atoms with van der Waals surface area (Å²) in [4.78, 5) is 14.0. The zero-order valence-electron chi connectivity index (χ0n) is 16.9. The van der Waals surface area contributed by atoms with E-state index in [0.717, 1.165) is 16.8 Å². The third-order valence-electron chi connectivity index (χ3n) is 5.47. The second kappa shape index (κ2) is 8.42. The highest BCUT2D eigenvalue weighted by molar-refractivity contribution is 7.89. The van der Waals surface area contributed by atoms with Crippen LogP contribution in [0.2, 0.25) is 0 Å². The van der Waals surface area contributed by atoms with Gasteiger partial charge in [0.1, 0.15) is 0 Å². The van der Waals surface area contributed by atoms with E-state index in [4.69, 9.17) is 0 Å². The number of carbonyl (C=O) groups is 1. The number of hydrogen-bond donors (Lipinski definition) is 0. The fourth-order valence-corrected chi connectivity index (χ4v) is 5.42. The van der Waals surface area contributed by atoms with E-state index in [9.17, 15) is 13.2 Å². The van der Waals surface area contributed by atoms with Crippen molar-refractivity contribution in [2.75, 3.05) is 31.1 Å². The maximum absolute atomic E-state index is 13.4. The molecule has 0 spiro atoms. The van der Waals surface area contributed by atoms with E-state index in [1.807, 2.05) is 66.7 Å². The van der Waals surface area contributed by atoms with Gasteiger partial charge >= 0.3 is 0 Å². The van der Waals surface area contributed by atoms with E-state index in [1.54, 1.807) is 23.4 Å². The molecular formula is C24H24N2O3S. The van der Waals surface area contributed by atoms with Crippen LogP contribution in [-0.4, -0.2) is 44.7 Å². The van der Waals surface area contributed by atoms with E-state index in [0.29, 0.717) is 36.6 Å². The highest BCUT2D eigenvalue weighted by Gasteiger charge is 2.30. The zero-order chi connectivity index (χ0) is 21.1. The molecule has 4 rings (SSSR count). The molecule has 6 heteroatoms. The molecule has 3 aromatic carbocycles. The van der Waals surface area contributed by atoms with Crippen LogP contribution >= 0.6 is 0 Å². The Kier molecular flexibility index (Phi) is 5.70. The molecule has 1 fully saturated rings. The average molecular weight is 421 g/mol. The topological polar surface area (TPSA) is 57.7 Å². The van der Waals surface area contributed by atoms with E-state index < -0.39 is 10.0 Å². The summed E-state index contributed by atoms with van der Waals surface area (Å²) < 4.78 is 28.4. The lowest BCUT2D eigenvalue weighted by Gasteiger charge is -2.35. The van der Waals surface area contributed by atoms with E-state index in [-0.39, 0.29) is 5.78 Å². The molecule has 30 heavy (non-hydrogen) atoms. The molecule has 0 amide bonds. The summed E-state index contributed by atoms with van der Waals surface area (Å²) in [6.45, 7) is 3.59. The number of benzene rings is 3. The van der Waals surface area contributed by atoms with Crippen molar-refractivity contribution in [1.29, 1.82) is 0 Å². The summed E-state index contributed by atoms with van der Waals surface area (Å²) in [5.74, 6) is 0.0366. The second-order valence-corrected chi connectivity index (χ2v) is 9.26. The lowest BCUT2D eigenvalue weighted by atomic mass is 10.1. The van der Waals surface area contributed by atoms with Gasteiger partial charge < -0.3 is 4.90 Å². The van der Waals surface area contributed by atoms with Crippen LogP contribution in [0.15, 0.2) is 83.8 Å². The van der Waals surface area contributed by atoms with Gasteiger partial charge in [0.15, 0.2) is 5.78 Å². The Bertz CT molecular complexity index is 1130. The van der Waals surface area contributed by atoms with Crippen LogP contribution in [0, 0.1) is 0 Å². The van der Waals surface area contributed by atoms with Crippen molar-refractivity contribution in [3.63, 3.8) is 0 Å². The van der Waals surface area contributed by atoms with Crippen LogP contribution in [0.1, 0.15) is 17.3 Å². The zero-order valence-corrected chi connectivity index (χ0v) is 17.7. The Hall–Kier alpha value is -2.96. The first-order valence-corrected chi connectivity index (χ1v) is 11.4. The van der Waals surface area contributed by atoms with Gasteiger partial charge in [0, 0.05) is 43.0 Å². The number of hydrogen-bond acceptors (Lipinski definition) is 4. The SMILES string of the molecule is CC(=O)c1ccc(N2CCN(S(=O)(=O)c3ccccc3-c3ccccc3)CC2)cc1. The molecular weight excluding hydrogens is 396 g/mol. The van der Waals surface area contributed by atoms with Crippen LogP contribution < -0.4 is 4.90 Å². The molecule has 0 bridgehead atoms. The molecule has 1 saturated heterocycles. The van der Waals surface area contributed by atoms with E-state index in [2.05, 4.69) is 4.90 Å². The first kappa shape index (κ1) is 20.3. The first-order valence-electron chi connectivity index (χ1n) is 9.97. The number of sulfonamides is 1. The Morgan fingerprint density at radius 2 is 1.37 bits per heavy atom. The Morgan fingerprint density at radius 1 is 0.767 bits per heavy atom. The van der Waals surface area contributed by atoms with Crippen LogP contribution in [-0.2, 0) is 10.0 Å². The molecule has 0 radical (unpaired) electrons. The van der Waals surface area contributed by atoms with Gasteiger partial charge in [-0.05, 0) is 42.8 Å². The summed E-state index contributed by atoms with van der Waals surface area (Å²) in [6, 6.07) is 24.3. The maximum Gasteiger partial charge on any atom is 0.243 e. The van der Waals surface area contributed by atoms with Crippen molar-refractivity contribution in [3.05, 3.63) is 84.4 Å². The summed E-state index contributed by atoms with van der Waals surface area (Å²) in [5.41, 5.74) is 3.29. The van der Waals surface area contributed by atoms with Crippen LogP contribution in [0.5, 0.6) is 0 Å². The number of ketones is 1. The van der Waals surface area contributed by atoms with Gasteiger partial charge in [-0.1, -0.05) is 48.5 Å². The highest BCUT2D eigenvalue weighted by atomic mass is 32.2. The molecule has 5 nitrogen and oxygen atoms in total. The van der Waals surface area contributed by atoms with E-state index in [1.165, 1.54) is 0 Å². The van der Waals surface area contributed by atoms with Crippen molar-refractivity contribution in [1.82, 2.24) is 4.31 Å². The molecule has 0 N–H and O–H groups in total. The maximum atomic E-state index is 13.4. The standard InChI is InChI=1S/C24H24N2O3S/c1-19(27)20-11-13-22(14-12-20)25-15-17-26(18-16-25)30(28,29)24-10-6-5-9-23(24)21-7-3-2-4-8-21/h2-14H,15-18H2,1H3. The fourth-order valence-electron chi connectivity index (χ4n) is 3.78. The minimum absolute atomic E-state index is 0.0366. The van der Waals surface area contributed by atoms with Gasteiger partial charge in [0.2, 0.25) is 10.0 Å². The molecule has 0 aliphatic carbocycles. The predicted molar refractivity (Wildman–Crippen MR) is 119 cm³/mol. The number of nitrogens with zero attached hydrogens (tertiary/aromatic N) is 2. The first-order chi connectivity index (χ1) is 14.5. The minimum Gasteiger partial charge on any atom is -0.369 e. The Balaban J connectivity index is 1.53. The van der Waals surface area contributed by atoms with Gasteiger partial charge in [-0.15, -0.1) is 0 Å². The quantitative estimate of drug-likeness (QED) is 0.584. The van der Waals surface area contributed by atoms with Crippen molar-refractivity contribution < 1.29 is 13.2 Å². The van der Waals surface area contributed by atoms with E-state index >= 15 is 0 Å². The number of Topliss-reactive ketones (excluding diaryl/α,β-unsaturated/α-hetero) is 1. The van der Waals surface area contributed by atoms with Gasteiger partial charge in [-0.2, -0.15) is 4.31 Å². The van der Waals surface area contributed by atoms with Gasteiger partial charge in [0.05, 0.1) is 4.90 Å². The normalized spacial score (nSPS) is 15.2. The average Bonchev–Trinajstić information content (AvgIpc) is 2.80. The molecule has 1 aliphatic heterocycles. The van der Waals surface area contributed by atoms with Crippen molar-refractivity contribution in [2.24, 2.45) is 0 Å². The van der Waals surface area contributed by atoms with Crippen molar-refractivity contribution >= 4 is 21.5 Å². The molecule has 0 atom stereocenters. The molecule has 1 heterocycles. The van der Waals surface area contributed by atoms with Gasteiger partial charge in [-0.25, -0.2) is 8.42 Å². The Morgan fingerprint density at radius 3 is 2.00 bits per heavy atom. The lowest BCUT2D eigenvalue weighted by Crippen LogP contribution is -2.48. The van der Waals surface area contributed by atoms with Crippen molar-refractivity contribution in [3.8, 4) is 11.1 Å². The molecule has 3 aromatic rings. The van der Waals surface area contributed by atoms with Crippen molar-refractivity contribution in [2.45, 2.75) is 11.8 Å².